The summed E-state index contributed by atoms with van der Waals surface area (Å²) in [4.78, 5) is 15.2. The molecule has 0 atom stereocenters. The number of carbonyl (C=O) groups excluding carboxylic acids is 1. The number of rotatable bonds is 12. The van der Waals surface area contributed by atoms with Crippen LogP contribution in [0.4, 0.5) is 4.79 Å². The Kier molecular flexibility index (Phi) is 8.96. The van der Waals surface area contributed by atoms with Crippen molar-refractivity contribution in [1.29, 1.82) is 0 Å². The van der Waals surface area contributed by atoms with Gasteiger partial charge in [0.2, 0.25) is 0 Å². The van der Waals surface area contributed by atoms with Crippen LogP contribution in [0.5, 0.6) is 0 Å². The molecule has 0 radical (unpaired) electrons. The maximum atomic E-state index is 12.4. The molecule has 0 saturated carbocycles. The van der Waals surface area contributed by atoms with Gasteiger partial charge in [-0.05, 0) is 78.9 Å². The van der Waals surface area contributed by atoms with E-state index in [9.17, 15) is 4.79 Å². The lowest BCUT2D eigenvalue weighted by Gasteiger charge is -2.34. The van der Waals surface area contributed by atoms with E-state index in [-0.39, 0.29) is 12.0 Å². The minimum atomic E-state index is -1.83. The number of amides is 1. The highest BCUT2D eigenvalue weighted by Crippen LogP contribution is 2.44. The summed E-state index contributed by atoms with van der Waals surface area (Å²) in [6.45, 7) is 10.4. The van der Waals surface area contributed by atoms with Crippen molar-refractivity contribution in [2.24, 2.45) is 5.11 Å². The van der Waals surface area contributed by atoms with Crippen molar-refractivity contribution in [3.05, 3.63) is 70.1 Å². The van der Waals surface area contributed by atoms with Crippen LogP contribution in [0.15, 0.2) is 53.6 Å². The molecule has 0 aromatic heterocycles. The van der Waals surface area contributed by atoms with Crippen molar-refractivity contribution in [3.63, 3.8) is 0 Å². The van der Waals surface area contributed by atoms with E-state index in [2.05, 4.69) is 65.8 Å². The Bertz CT molecular complexity index is 993. The van der Waals surface area contributed by atoms with E-state index in [0.717, 1.165) is 24.9 Å². The number of carbonyl (C=O) groups is 1. The lowest BCUT2D eigenvalue weighted by atomic mass is 9.98. The molecule has 0 fully saturated rings. The summed E-state index contributed by atoms with van der Waals surface area (Å²) >= 11 is 0. The van der Waals surface area contributed by atoms with Gasteiger partial charge in [0.05, 0.1) is 0 Å². The summed E-state index contributed by atoms with van der Waals surface area (Å²) in [6, 6.07) is 18.6. The van der Waals surface area contributed by atoms with Crippen molar-refractivity contribution in [2.75, 3.05) is 19.7 Å². The highest BCUT2D eigenvalue weighted by molar-refractivity contribution is 6.84. The molecule has 1 aliphatic carbocycles. The van der Waals surface area contributed by atoms with Crippen molar-refractivity contribution < 1.29 is 13.6 Å². The van der Waals surface area contributed by atoms with E-state index in [4.69, 9.17) is 14.4 Å². The Morgan fingerprint density at radius 1 is 0.971 bits per heavy atom. The first-order valence-corrected chi connectivity index (χ1v) is 18.3. The molecule has 0 aliphatic heterocycles. The minimum Gasteiger partial charge on any atom is -0.455 e. The van der Waals surface area contributed by atoms with E-state index in [0.29, 0.717) is 19.7 Å². The maximum absolute atomic E-state index is 12.4. The monoisotopic (exact) mass is 496 g/mol. The van der Waals surface area contributed by atoms with Crippen LogP contribution in [-0.4, -0.2) is 42.4 Å². The third kappa shape index (κ3) is 7.20. The molecule has 7 nitrogen and oxygen atoms in total. The van der Waals surface area contributed by atoms with Crippen molar-refractivity contribution >= 4 is 22.7 Å². The number of hydrogen-bond acceptors (Lipinski definition) is 4. The summed E-state index contributed by atoms with van der Waals surface area (Å²) in [7, 11) is -3.62. The number of alkyl carbamates (subject to hydrolysis) is 1. The van der Waals surface area contributed by atoms with Crippen LogP contribution in [0.3, 0.4) is 0 Å². The third-order valence-corrected chi connectivity index (χ3v) is 13.8. The summed E-state index contributed by atoms with van der Waals surface area (Å²) in [5.74, 6) is 0.0731. The number of nitrogens with one attached hydrogen (secondary N) is 1. The molecule has 182 valence electrons. The molecule has 3 rings (SSSR count). The second kappa shape index (κ2) is 11.7. The number of azide groups is 1. The van der Waals surface area contributed by atoms with E-state index < -0.39 is 16.6 Å². The molecular formula is C25H36N4O3Si2. The summed E-state index contributed by atoms with van der Waals surface area (Å²) in [5, 5.41) is 6.53. The minimum absolute atomic E-state index is 0.0731. The highest BCUT2D eigenvalue weighted by Gasteiger charge is 2.32. The molecule has 9 heteroatoms. The largest absolute Gasteiger partial charge is 0.455 e. The van der Waals surface area contributed by atoms with Gasteiger partial charge in [0, 0.05) is 23.9 Å². The molecule has 34 heavy (non-hydrogen) atoms. The van der Waals surface area contributed by atoms with Gasteiger partial charge in [0.1, 0.15) is 6.61 Å². The molecule has 1 N–H and O–H groups in total. The molecule has 0 heterocycles. The van der Waals surface area contributed by atoms with E-state index >= 15 is 0 Å². The lowest BCUT2D eigenvalue weighted by molar-refractivity contribution is 0.143. The van der Waals surface area contributed by atoms with Gasteiger partial charge in [0.15, 0.2) is 16.6 Å². The van der Waals surface area contributed by atoms with Gasteiger partial charge in [-0.2, -0.15) is 0 Å². The Balaban J connectivity index is 1.41. The predicted molar refractivity (Wildman–Crippen MR) is 142 cm³/mol. The van der Waals surface area contributed by atoms with Gasteiger partial charge in [-0.1, -0.05) is 53.6 Å². The van der Waals surface area contributed by atoms with Gasteiger partial charge in [-0.25, -0.2) is 4.79 Å². The predicted octanol–water partition coefficient (Wildman–Crippen LogP) is 7.04. The van der Waals surface area contributed by atoms with E-state index in [1.807, 2.05) is 24.3 Å². The molecule has 2 aromatic carbocycles. The first-order chi connectivity index (χ1) is 16.2. The number of ether oxygens (including phenoxy) is 1. The zero-order chi connectivity index (χ0) is 24.6. The Morgan fingerprint density at radius 3 is 2.12 bits per heavy atom. The molecule has 1 aliphatic rings. The normalized spacial score (nSPS) is 13.1. The van der Waals surface area contributed by atoms with Crippen LogP contribution in [0.25, 0.3) is 21.6 Å². The molecule has 0 spiro atoms. The van der Waals surface area contributed by atoms with Crippen molar-refractivity contribution in [1.82, 2.24) is 5.32 Å². The highest BCUT2D eigenvalue weighted by atomic mass is 28.4. The number of fused-ring (bicyclic) bond motifs is 3. The van der Waals surface area contributed by atoms with Crippen LogP contribution >= 0.6 is 0 Å². The van der Waals surface area contributed by atoms with E-state index in [1.165, 1.54) is 22.3 Å². The van der Waals surface area contributed by atoms with Crippen LogP contribution in [-0.2, 0) is 8.85 Å². The second-order valence-corrected chi connectivity index (χ2v) is 18.9. The zero-order valence-electron chi connectivity index (χ0n) is 20.7. The Labute approximate surface area is 204 Å². The topological polar surface area (TPSA) is 96.3 Å². The van der Waals surface area contributed by atoms with Crippen LogP contribution in [0, 0.1) is 0 Å². The first kappa shape index (κ1) is 26.0. The SMILES string of the molecule is C[Si](C)(CCCN=[N+]=[N-])O[Si](C)(C)CCCNC(=O)OCC1c2ccccc2-c2ccccc21. The van der Waals surface area contributed by atoms with Gasteiger partial charge in [0.25, 0.3) is 0 Å². The summed E-state index contributed by atoms with van der Waals surface area (Å²) in [6.07, 6.45) is 1.37. The number of benzene rings is 2. The van der Waals surface area contributed by atoms with Gasteiger partial charge >= 0.3 is 6.09 Å². The smallest absolute Gasteiger partial charge is 0.407 e. The van der Waals surface area contributed by atoms with Crippen LogP contribution in [0.2, 0.25) is 38.3 Å². The van der Waals surface area contributed by atoms with Gasteiger partial charge in [-0.3, -0.25) is 0 Å². The standard InChI is InChI=1S/C25H36N4O3Si2/c1-33(2,32-34(3,4)18-10-16-28-29-26)17-9-15-27-25(30)31-19-24-22-13-7-5-11-20(22)21-12-6-8-14-23(21)24/h5-8,11-14,24H,9-10,15-19H2,1-4H3,(H,27,30). The first-order valence-electron chi connectivity index (χ1n) is 12.0. The van der Waals surface area contributed by atoms with E-state index in [1.54, 1.807) is 0 Å². The zero-order valence-corrected chi connectivity index (χ0v) is 22.7. The Morgan fingerprint density at radius 2 is 1.53 bits per heavy atom. The van der Waals surface area contributed by atoms with Gasteiger partial charge in [-0.15, -0.1) is 0 Å². The van der Waals surface area contributed by atoms with Crippen molar-refractivity contribution in [2.45, 2.75) is 57.0 Å². The van der Waals surface area contributed by atoms with Crippen LogP contribution in [0.1, 0.15) is 29.9 Å². The number of hydrogen-bond donors (Lipinski definition) is 1. The molecular weight excluding hydrogens is 460 g/mol. The molecule has 0 unspecified atom stereocenters. The quantitative estimate of drug-likeness (QED) is 0.112. The average Bonchev–Trinajstić information content (AvgIpc) is 3.11. The van der Waals surface area contributed by atoms with Gasteiger partial charge < -0.3 is 14.2 Å². The maximum Gasteiger partial charge on any atom is 0.407 e. The third-order valence-electron chi connectivity index (χ3n) is 6.22. The fraction of sp³-hybridized carbons (Fsp3) is 0.480. The lowest BCUT2D eigenvalue weighted by Crippen LogP contribution is -2.44. The molecule has 2 aromatic rings. The summed E-state index contributed by atoms with van der Waals surface area (Å²) < 4.78 is 12.2. The molecule has 0 saturated heterocycles. The molecule has 0 bridgehead atoms. The summed E-state index contributed by atoms with van der Waals surface area (Å²) in [5.41, 5.74) is 13.3. The molecule has 1 amide bonds. The van der Waals surface area contributed by atoms with Crippen LogP contribution < -0.4 is 5.32 Å². The average molecular weight is 497 g/mol. The van der Waals surface area contributed by atoms with Crippen molar-refractivity contribution in [3.8, 4) is 11.1 Å². The fourth-order valence-corrected chi connectivity index (χ4v) is 13.7. The Hall–Kier alpha value is -2.59. The fourth-order valence-electron chi connectivity index (χ4n) is 4.82. The second-order valence-electron chi connectivity index (χ2n) is 10.0. The number of nitrogens with zero attached hydrogens (tertiary/aromatic N) is 3.